The number of para-hydroxylation sites is 2. The van der Waals surface area contributed by atoms with E-state index < -0.39 is 0 Å². The Morgan fingerprint density at radius 1 is 1.11 bits per heavy atom. The number of hydrogen-bond donors (Lipinski definition) is 1. The van der Waals surface area contributed by atoms with Crippen molar-refractivity contribution >= 4 is 17.5 Å². The first-order valence-electron chi connectivity index (χ1n) is 5.75. The van der Waals surface area contributed by atoms with E-state index in [4.69, 9.17) is 0 Å². The molecule has 0 radical (unpaired) electrons. The molecule has 2 heteroatoms. The molecule has 0 aromatic heterocycles. The third-order valence-electron chi connectivity index (χ3n) is 2.64. The van der Waals surface area contributed by atoms with Gasteiger partial charge < -0.3 is 5.11 Å². The molecule has 18 heavy (non-hydrogen) atoms. The van der Waals surface area contributed by atoms with Crippen molar-refractivity contribution in [1.29, 1.82) is 0 Å². The zero-order valence-electron chi connectivity index (χ0n) is 10.3. The first-order valence-corrected chi connectivity index (χ1v) is 5.75. The lowest BCUT2D eigenvalue weighted by molar-refractivity contribution is 0.473. The molecule has 0 spiro atoms. The van der Waals surface area contributed by atoms with Crippen LogP contribution in [0.4, 0.5) is 5.69 Å². The monoisotopic (exact) mass is 237 g/mol. The Bertz CT molecular complexity index is 585. The molecule has 0 saturated carbocycles. The molecular weight excluding hydrogens is 222 g/mol. The van der Waals surface area contributed by atoms with Crippen LogP contribution < -0.4 is 0 Å². The largest absolute Gasteiger partial charge is 0.507 e. The zero-order valence-corrected chi connectivity index (χ0v) is 10.3. The van der Waals surface area contributed by atoms with Crippen molar-refractivity contribution in [2.75, 3.05) is 0 Å². The summed E-state index contributed by atoms with van der Waals surface area (Å²) in [6.45, 7) is 5.71. The normalized spacial score (nSPS) is 10.7. The highest BCUT2D eigenvalue weighted by molar-refractivity contribution is 5.88. The van der Waals surface area contributed by atoms with E-state index in [9.17, 15) is 5.11 Å². The lowest BCUT2D eigenvalue weighted by Crippen LogP contribution is -1.87. The van der Waals surface area contributed by atoms with Gasteiger partial charge in [0.05, 0.1) is 5.69 Å². The van der Waals surface area contributed by atoms with Crippen LogP contribution in [0.25, 0.3) is 5.57 Å². The van der Waals surface area contributed by atoms with Gasteiger partial charge in [0.1, 0.15) is 5.75 Å². The van der Waals surface area contributed by atoms with Crippen LogP contribution in [0, 0.1) is 0 Å². The maximum Gasteiger partial charge on any atom is 0.131 e. The number of phenolic OH excluding ortho intramolecular Hbond substituents is 1. The summed E-state index contributed by atoms with van der Waals surface area (Å²) in [4.78, 5) is 4.32. The quantitative estimate of drug-likeness (QED) is 0.798. The van der Waals surface area contributed by atoms with Gasteiger partial charge in [0, 0.05) is 17.3 Å². The van der Waals surface area contributed by atoms with Gasteiger partial charge in [-0.2, -0.15) is 0 Å². The smallest absolute Gasteiger partial charge is 0.131 e. The highest BCUT2D eigenvalue weighted by Gasteiger charge is 2.05. The molecule has 0 saturated heterocycles. The lowest BCUT2D eigenvalue weighted by Gasteiger charge is -2.05. The molecule has 2 aromatic rings. The number of rotatable bonds is 3. The number of allylic oxidation sites excluding steroid dienone is 1. The lowest BCUT2D eigenvalue weighted by atomic mass is 10.0. The minimum absolute atomic E-state index is 0.227. The Labute approximate surface area is 107 Å². The molecule has 0 fully saturated rings. The van der Waals surface area contributed by atoms with Gasteiger partial charge in [-0.25, -0.2) is 0 Å². The fourth-order valence-electron chi connectivity index (χ4n) is 1.67. The van der Waals surface area contributed by atoms with E-state index in [1.165, 1.54) is 0 Å². The molecule has 1 N–H and O–H groups in total. The standard InChI is InChI=1S/C16H15NO/c1-12(2)15-10-6-7-13(16(15)18)11-17-14-8-4-3-5-9-14/h3-11,18H,1H2,2H3/b17-11+. The highest BCUT2D eigenvalue weighted by Crippen LogP contribution is 2.26. The summed E-state index contributed by atoms with van der Waals surface area (Å²) >= 11 is 0. The van der Waals surface area contributed by atoms with E-state index in [1.54, 1.807) is 6.21 Å². The molecule has 0 bridgehead atoms. The molecule has 0 amide bonds. The third kappa shape index (κ3) is 2.66. The van der Waals surface area contributed by atoms with Crippen molar-refractivity contribution in [1.82, 2.24) is 0 Å². The summed E-state index contributed by atoms with van der Waals surface area (Å²) < 4.78 is 0. The molecule has 0 heterocycles. The number of aromatic hydroxyl groups is 1. The molecular formula is C16H15NO. The molecule has 2 rings (SSSR count). The molecule has 0 unspecified atom stereocenters. The predicted molar refractivity (Wildman–Crippen MR) is 76.5 cm³/mol. The van der Waals surface area contributed by atoms with Crippen LogP contribution in [0.5, 0.6) is 5.75 Å². The molecule has 90 valence electrons. The molecule has 0 aliphatic carbocycles. The summed E-state index contributed by atoms with van der Waals surface area (Å²) in [5.41, 5.74) is 3.14. The first-order chi connectivity index (χ1) is 8.68. The summed E-state index contributed by atoms with van der Waals surface area (Å²) in [5, 5.41) is 10.1. The minimum atomic E-state index is 0.227. The summed E-state index contributed by atoms with van der Waals surface area (Å²) in [6, 6.07) is 15.2. The highest BCUT2D eigenvalue weighted by atomic mass is 16.3. The van der Waals surface area contributed by atoms with E-state index in [0.717, 1.165) is 16.8 Å². The molecule has 0 aliphatic heterocycles. The van der Waals surface area contributed by atoms with Crippen molar-refractivity contribution in [2.45, 2.75) is 6.92 Å². The Kier molecular flexibility index (Phi) is 3.58. The number of benzene rings is 2. The Hall–Kier alpha value is -2.35. The van der Waals surface area contributed by atoms with E-state index in [2.05, 4.69) is 11.6 Å². The first kappa shape index (κ1) is 12.1. The SMILES string of the molecule is C=C(C)c1cccc(/C=N/c2ccccc2)c1O. The maximum atomic E-state index is 10.1. The fourth-order valence-corrected chi connectivity index (χ4v) is 1.67. The second kappa shape index (κ2) is 5.32. The molecule has 2 aromatic carbocycles. The number of phenols is 1. The number of nitrogens with zero attached hydrogens (tertiary/aromatic N) is 1. The van der Waals surface area contributed by atoms with Crippen LogP contribution in [-0.4, -0.2) is 11.3 Å². The van der Waals surface area contributed by atoms with Gasteiger partial charge in [-0.15, -0.1) is 0 Å². The molecule has 0 atom stereocenters. The summed E-state index contributed by atoms with van der Waals surface area (Å²) in [7, 11) is 0. The van der Waals surface area contributed by atoms with Crippen LogP contribution in [-0.2, 0) is 0 Å². The van der Waals surface area contributed by atoms with Crippen molar-refractivity contribution in [2.24, 2.45) is 4.99 Å². The number of hydrogen-bond acceptors (Lipinski definition) is 2. The Morgan fingerprint density at radius 3 is 2.50 bits per heavy atom. The third-order valence-corrected chi connectivity index (χ3v) is 2.64. The van der Waals surface area contributed by atoms with Gasteiger partial charge in [-0.05, 0) is 30.7 Å². The molecule has 2 nitrogen and oxygen atoms in total. The average Bonchev–Trinajstić information content (AvgIpc) is 2.38. The second-order valence-corrected chi connectivity index (χ2v) is 4.12. The zero-order chi connectivity index (χ0) is 13.0. The fraction of sp³-hybridized carbons (Fsp3) is 0.0625. The van der Waals surface area contributed by atoms with Crippen molar-refractivity contribution in [3.05, 3.63) is 66.2 Å². The van der Waals surface area contributed by atoms with Crippen molar-refractivity contribution < 1.29 is 5.11 Å². The van der Waals surface area contributed by atoms with Crippen LogP contribution in [0.3, 0.4) is 0 Å². The number of aliphatic imine (C=N–C) groups is 1. The predicted octanol–water partition coefficient (Wildman–Crippen LogP) is 4.18. The van der Waals surface area contributed by atoms with Gasteiger partial charge in [-0.1, -0.05) is 36.9 Å². The van der Waals surface area contributed by atoms with Crippen LogP contribution >= 0.6 is 0 Å². The molecule has 0 aliphatic rings. The van der Waals surface area contributed by atoms with Crippen molar-refractivity contribution in [3.8, 4) is 5.75 Å². The van der Waals surface area contributed by atoms with Crippen molar-refractivity contribution in [3.63, 3.8) is 0 Å². The van der Waals surface area contributed by atoms with Gasteiger partial charge in [0.25, 0.3) is 0 Å². The van der Waals surface area contributed by atoms with Gasteiger partial charge in [0.15, 0.2) is 0 Å². The Morgan fingerprint density at radius 2 is 1.83 bits per heavy atom. The second-order valence-electron chi connectivity index (χ2n) is 4.12. The Balaban J connectivity index is 2.33. The topological polar surface area (TPSA) is 32.6 Å². The van der Waals surface area contributed by atoms with Gasteiger partial charge in [-0.3, -0.25) is 4.99 Å². The van der Waals surface area contributed by atoms with E-state index in [0.29, 0.717) is 5.56 Å². The summed E-state index contributed by atoms with van der Waals surface area (Å²) in [6.07, 6.45) is 1.66. The van der Waals surface area contributed by atoms with Crippen LogP contribution in [0.2, 0.25) is 0 Å². The van der Waals surface area contributed by atoms with Crippen LogP contribution in [0.15, 0.2) is 60.1 Å². The van der Waals surface area contributed by atoms with E-state index in [-0.39, 0.29) is 5.75 Å². The maximum absolute atomic E-state index is 10.1. The van der Waals surface area contributed by atoms with E-state index >= 15 is 0 Å². The summed E-state index contributed by atoms with van der Waals surface area (Å²) in [5.74, 6) is 0.227. The van der Waals surface area contributed by atoms with E-state index in [1.807, 2.05) is 55.5 Å². The van der Waals surface area contributed by atoms with Gasteiger partial charge >= 0.3 is 0 Å². The van der Waals surface area contributed by atoms with Crippen LogP contribution in [0.1, 0.15) is 18.1 Å². The van der Waals surface area contributed by atoms with Gasteiger partial charge in [0.2, 0.25) is 0 Å². The minimum Gasteiger partial charge on any atom is -0.507 e. The average molecular weight is 237 g/mol.